The average Bonchev–Trinajstić information content (AvgIpc) is 3.55. The number of hydrogen-bond donors (Lipinski definition) is 3. The summed E-state index contributed by atoms with van der Waals surface area (Å²) in [6, 6.07) is 7.67. The first-order valence-electron chi connectivity index (χ1n) is 14.0. The summed E-state index contributed by atoms with van der Waals surface area (Å²) in [5.41, 5.74) is 6.74. The van der Waals surface area contributed by atoms with Gasteiger partial charge in [-0.1, -0.05) is 37.3 Å². The van der Waals surface area contributed by atoms with E-state index in [1.54, 1.807) is 16.7 Å². The van der Waals surface area contributed by atoms with Crippen LogP contribution in [0.5, 0.6) is 0 Å². The Morgan fingerprint density at radius 3 is 2.49 bits per heavy atom. The highest BCUT2D eigenvalue weighted by molar-refractivity contribution is 5.86. The van der Waals surface area contributed by atoms with E-state index in [0.717, 1.165) is 19.3 Å². The van der Waals surface area contributed by atoms with Gasteiger partial charge in [0.25, 0.3) is 0 Å². The number of carboxylic acid groups (broad SMARTS) is 1. The number of imidazole rings is 1. The largest absolute Gasteiger partial charge is 0.480 e. The molecule has 1 saturated heterocycles. The molecule has 4 N–H and O–H groups in total. The normalized spacial score (nSPS) is 19.2. The minimum atomic E-state index is -1.21. The van der Waals surface area contributed by atoms with Crippen LogP contribution in [-0.4, -0.2) is 87.8 Å². The van der Waals surface area contributed by atoms with E-state index in [1.165, 1.54) is 19.4 Å². The molecule has 2 aromatic rings. The van der Waals surface area contributed by atoms with Gasteiger partial charge in [0, 0.05) is 36.9 Å². The first-order valence-corrected chi connectivity index (χ1v) is 14.0. The van der Waals surface area contributed by atoms with Crippen molar-refractivity contribution in [1.82, 2.24) is 19.8 Å². The molecule has 12 heteroatoms. The Hall–Kier alpha value is -3.77. The lowest BCUT2D eigenvalue weighted by Crippen LogP contribution is -2.48. The zero-order valence-corrected chi connectivity index (χ0v) is 23.9. The van der Waals surface area contributed by atoms with Crippen molar-refractivity contribution in [2.45, 2.75) is 82.6 Å². The number of carbonyl (C=O) groups excluding carboxylic acids is 3. The van der Waals surface area contributed by atoms with Gasteiger partial charge in [-0.2, -0.15) is 0 Å². The number of hydrogen-bond acceptors (Lipinski definition) is 9. The lowest BCUT2D eigenvalue weighted by atomic mass is 10.0. The number of benzene rings is 1. The summed E-state index contributed by atoms with van der Waals surface area (Å²) in [5, 5.41) is 11.9. The molecule has 0 saturated carbocycles. The number of nitrogens with zero attached hydrogens (tertiary/aromatic N) is 3. The molecule has 0 aliphatic carbocycles. The van der Waals surface area contributed by atoms with Crippen LogP contribution < -0.4 is 11.1 Å². The van der Waals surface area contributed by atoms with E-state index in [0.29, 0.717) is 17.3 Å². The highest BCUT2D eigenvalue weighted by Crippen LogP contribution is 2.25. The summed E-state index contributed by atoms with van der Waals surface area (Å²) in [6.45, 7) is 3.91. The number of amides is 1. The fourth-order valence-electron chi connectivity index (χ4n) is 4.94. The molecule has 0 bridgehead atoms. The van der Waals surface area contributed by atoms with Gasteiger partial charge in [0.2, 0.25) is 5.91 Å². The molecule has 224 valence electrons. The molecular weight excluding hydrogens is 530 g/mol. The summed E-state index contributed by atoms with van der Waals surface area (Å²) in [4.78, 5) is 55.6. The molecule has 1 amide bonds. The number of nitrogens with one attached hydrogen (secondary N) is 1. The second-order valence-electron chi connectivity index (χ2n) is 10.5. The first-order chi connectivity index (χ1) is 19.6. The van der Waals surface area contributed by atoms with Crippen LogP contribution in [0.25, 0.3) is 0 Å². The van der Waals surface area contributed by atoms with E-state index in [-0.39, 0.29) is 38.6 Å². The Bertz CT molecular complexity index is 1170. The maximum Gasteiger partial charge on any atom is 0.326 e. The minimum absolute atomic E-state index is 0.0326. The number of likely N-dealkylation sites (tertiary alicyclic amines) is 1. The quantitative estimate of drug-likeness (QED) is 0.267. The van der Waals surface area contributed by atoms with Gasteiger partial charge in [-0.15, -0.1) is 0 Å². The number of aromatic nitrogens is 2. The Labute approximate surface area is 240 Å². The van der Waals surface area contributed by atoms with Crippen molar-refractivity contribution < 1.29 is 33.8 Å². The number of carbonyl (C=O) groups is 4. The number of aryl methyl sites for hydroxylation is 1. The van der Waals surface area contributed by atoms with Crippen LogP contribution in [0.15, 0.2) is 42.9 Å². The molecular formula is C29H41N5O7. The highest BCUT2D eigenvalue weighted by Gasteiger charge is 2.32. The molecule has 1 fully saturated rings. The molecule has 12 nitrogen and oxygen atoms in total. The maximum absolute atomic E-state index is 13.1. The van der Waals surface area contributed by atoms with Crippen LogP contribution in [0.1, 0.15) is 56.7 Å². The van der Waals surface area contributed by atoms with E-state index in [2.05, 4.69) is 29.2 Å². The van der Waals surface area contributed by atoms with Crippen molar-refractivity contribution in [3.8, 4) is 0 Å². The number of aliphatic carboxylic acids is 1. The Kier molecular flexibility index (Phi) is 11.8. The summed E-state index contributed by atoms with van der Waals surface area (Å²) in [6.07, 6.45) is 5.97. The van der Waals surface area contributed by atoms with Gasteiger partial charge in [0.05, 0.1) is 18.8 Å². The average molecular weight is 572 g/mol. The van der Waals surface area contributed by atoms with E-state index >= 15 is 0 Å². The number of nitrogens with two attached hydrogens (primary N) is 1. The van der Waals surface area contributed by atoms with Crippen molar-refractivity contribution in [2.75, 3.05) is 20.3 Å². The smallest absolute Gasteiger partial charge is 0.326 e. The summed E-state index contributed by atoms with van der Waals surface area (Å²) in [7, 11) is 2.06. The van der Waals surface area contributed by atoms with Gasteiger partial charge in [-0.25, -0.2) is 9.78 Å². The van der Waals surface area contributed by atoms with Gasteiger partial charge < -0.3 is 30.2 Å². The van der Waals surface area contributed by atoms with Crippen molar-refractivity contribution in [1.29, 1.82) is 0 Å². The highest BCUT2D eigenvalue weighted by atomic mass is 16.5. The van der Waals surface area contributed by atoms with Gasteiger partial charge in [0.1, 0.15) is 25.2 Å². The van der Waals surface area contributed by atoms with Crippen LogP contribution in [0.3, 0.4) is 0 Å². The van der Waals surface area contributed by atoms with Gasteiger partial charge in [0.15, 0.2) is 0 Å². The van der Waals surface area contributed by atoms with Gasteiger partial charge in [-0.3, -0.25) is 19.3 Å². The second-order valence-corrected chi connectivity index (χ2v) is 10.5. The Balaban J connectivity index is 1.55. The van der Waals surface area contributed by atoms with Crippen molar-refractivity contribution >= 4 is 23.8 Å². The molecule has 0 spiro atoms. The lowest BCUT2D eigenvalue weighted by Gasteiger charge is -2.25. The second kappa shape index (κ2) is 15.3. The molecule has 5 atom stereocenters. The fraction of sp³-hybridized carbons (Fsp3) is 0.552. The van der Waals surface area contributed by atoms with Crippen LogP contribution >= 0.6 is 0 Å². The fourth-order valence-corrected chi connectivity index (χ4v) is 4.94. The molecule has 1 aliphatic rings. The minimum Gasteiger partial charge on any atom is -0.480 e. The van der Waals surface area contributed by atoms with E-state index < -0.39 is 41.8 Å². The predicted octanol–water partition coefficient (Wildman–Crippen LogP) is 1.48. The number of rotatable bonds is 15. The topological polar surface area (TPSA) is 166 Å². The number of ether oxygens (including phenoxy) is 2. The molecule has 1 aromatic heterocycles. The summed E-state index contributed by atoms with van der Waals surface area (Å²) >= 11 is 0. The maximum atomic E-state index is 13.1. The third-order valence-electron chi connectivity index (χ3n) is 7.57. The zero-order chi connectivity index (χ0) is 29.9. The molecule has 41 heavy (non-hydrogen) atoms. The summed E-state index contributed by atoms with van der Waals surface area (Å²) < 4.78 is 12.8. The number of likely N-dealkylation sites (N-methyl/N-ethyl adjacent to an activating group) is 1. The molecule has 1 aromatic carbocycles. The Morgan fingerprint density at radius 2 is 1.85 bits per heavy atom. The number of esters is 2. The molecule has 3 rings (SSSR count). The van der Waals surface area contributed by atoms with Crippen molar-refractivity contribution in [3.05, 3.63) is 54.1 Å². The van der Waals surface area contributed by atoms with Crippen molar-refractivity contribution in [2.24, 2.45) is 5.73 Å². The van der Waals surface area contributed by atoms with Gasteiger partial charge >= 0.3 is 17.9 Å². The van der Waals surface area contributed by atoms with Crippen LogP contribution in [0, 0.1) is 0 Å². The monoisotopic (exact) mass is 571 g/mol. The van der Waals surface area contributed by atoms with Gasteiger partial charge in [-0.05, 0) is 38.8 Å². The predicted molar refractivity (Wildman–Crippen MR) is 150 cm³/mol. The van der Waals surface area contributed by atoms with E-state index in [4.69, 9.17) is 15.2 Å². The SMILES string of the molecule is CCC1CCC(COC(=O)C(COC(=O)CCn2cncc2CC(NC(=O)C(C)N)C(=O)O)c2ccccc2)N1C. The summed E-state index contributed by atoms with van der Waals surface area (Å²) in [5.74, 6) is -3.53. The first kappa shape index (κ1) is 31.8. The van der Waals surface area contributed by atoms with Crippen LogP contribution in [0.2, 0.25) is 0 Å². The Morgan fingerprint density at radius 1 is 1.15 bits per heavy atom. The third-order valence-corrected chi connectivity index (χ3v) is 7.57. The number of carboxylic acids is 1. The van der Waals surface area contributed by atoms with Crippen molar-refractivity contribution in [3.63, 3.8) is 0 Å². The lowest BCUT2D eigenvalue weighted by molar-refractivity contribution is -0.152. The third kappa shape index (κ3) is 9.12. The molecule has 5 unspecified atom stereocenters. The van der Waals surface area contributed by atoms with Crippen LogP contribution in [0.4, 0.5) is 0 Å². The van der Waals surface area contributed by atoms with E-state index in [1.807, 2.05) is 18.2 Å². The molecule has 1 aliphatic heterocycles. The zero-order valence-electron chi connectivity index (χ0n) is 23.9. The molecule has 0 radical (unpaired) electrons. The van der Waals surface area contributed by atoms with E-state index in [9.17, 15) is 24.3 Å². The standard InChI is InChI=1S/C29H41N5O7/c1-4-21-10-11-22(33(21)3)16-41-29(39)24(20-8-6-5-7-9-20)17-40-26(35)12-13-34-18-31-15-23(34)14-25(28(37)38)32-27(36)19(2)30/h5-9,15,18-19,21-22,24-25H,4,10-14,16-17,30H2,1-3H3,(H,32,36)(H,37,38). The van der Waals surface area contributed by atoms with Crippen LogP contribution in [-0.2, 0) is 41.6 Å². The molecule has 2 heterocycles.